The van der Waals surface area contributed by atoms with Gasteiger partial charge in [-0.1, -0.05) is 367 Å². The third-order valence-corrected chi connectivity index (χ3v) is 17.5. The van der Waals surface area contributed by atoms with Crippen molar-refractivity contribution in [2.75, 3.05) is 26.4 Å². The summed E-state index contributed by atoms with van der Waals surface area (Å²) in [5.41, 5.74) is 5.41. The van der Waals surface area contributed by atoms with Crippen molar-refractivity contribution in [2.45, 2.75) is 315 Å². The number of allylic oxidation sites excluding steroid dienone is 38. The molecule has 0 rings (SSSR count). The predicted octanol–water partition coefficient (Wildman–Crippen LogP) is 28.1. The molecule has 2 unspecified atom stereocenters. The Morgan fingerprint density at radius 2 is 0.505 bits per heavy atom. The number of ether oxygens (including phenoxy) is 2. The standard InChI is InChI=1S/C93H148NO8P/c1-3-5-7-9-11-13-15-17-19-21-23-25-27-29-31-33-35-37-39-41-43-45-47-49-51-53-55-57-59-61-63-65-67-69-71-73-75-77-79-81-83-85-92(95)99-89-91(90-101-103(97,98)100-88-87-94)102-93(96)86-84-82-80-78-76-74-72-70-68-66-64-62-60-58-56-54-52-50-48-46-44-42-40-38-36-34-32-30-28-26-24-22-20-18-16-14-12-10-8-6-4-2/h5-8,11-14,17-20,23-26,29-32,35-38,41-44,48,50,54,56,60,62,66,68,72,74,91H,3-4,9-10,15-16,21-22,27-28,33-34,39-40,45-47,49,51-53,55,57-59,61,63-65,67,69-71,73,75-90,94H2,1-2H3,(H,97,98)/b7-5-,8-6-,13-11-,14-12-,19-17-,20-18-,25-23-,26-24-,31-29-,32-30-,37-35-,38-36-,43-41-,44-42-,50-48-,56-54-,62-60-,68-66-,74-72-. The monoisotopic (exact) mass is 1440 g/mol. The first-order valence-electron chi connectivity index (χ1n) is 40.9. The van der Waals surface area contributed by atoms with Crippen LogP contribution in [0.5, 0.6) is 0 Å². The van der Waals surface area contributed by atoms with Crippen LogP contribution in [0.1, 0.15) is 309 Å². The summed E-state index contributed by atoms with van der Waals surface area (Å²) < 4.78 is 33.2. The highest BCUT2D eigenvalue weighted by Crippen LogP contribution is 2.43. The lowest BCUT2D eigenvalue weighted by molar-refractivity contribution is -0.161. The van der Waals surface area contributed by atoms with Gasteiger partial charge in [-0.2, -0.15) is 0 Å². The van der Waals surface area contributed by atoms with E-state index in [1.165, 1.54) is 109 Å². The predicted molar refractivity (Wildman–Crippen MR) is 449 cm³/mol. The van der Waals surface area contributed by atoms with Crippen LogP contribution in [0.15, 0.2) is 231 Å². The Kier molecular flexibility index (Phi) is 80.1. The number of esters is 2. The summed E-state index contributed by atoms with van der Waals surface area (Å²) in [5, 5.41) is 0. The number of carbonyl (C=O) groups excluding carboxylic acids is 2. The van der Waals surface area contributed by atoms with Crippen LogP contribution in [0.3, 0.4) is 0 Å². The maximum Gasteiger partial charge on any atom is 0.472 e. The molecular weight excluding hydrogens is 1290 g/mol. The Labute approximate surface area is 632 Å². The first-order chi connectivity index (χ1) is 50.8. The lowest BCUT2D eigenvalue weighted by Crippen LogP contribution is -2.29. The Morgan fingerprint density at radius 1 is 0.291 bits per heavy atom. The summed E-state index contributed by atoms with van der Waals surface area (Å²) in [5.74, 6) is -0.864. The molecule has 0 aromatic rings. The van der Waals surface area contributed by atoms with Gasteiger partial charge in [-0.05, 0) is 161 Å². The van der Waals surface area contributed by atoms with Crippen molar-refractivity contribution >= 4 is 19.8 Å². The molecule has 2 atom stereocenters. The van der Waals surface area contributed by atoms with Crippen LogP contribution in [0.4, 0.5) is 0 Å². The summed E-state index contributed by atoms with van der Waals surface area (Å²) in [6, 6.07) is 0. The molecule has 9 nitrogen and oxygen atoms in total. The maximum absolute atomic E-state index is 12.8. The average Bonchev–Trinajstić information content (AvgIpc) is 0.970. The van der Waals surface area contributed by atoms with Crippen LogP contribution < -0.4 is 5.73 Å². The summed E-state index contributed by atoms with van der Waals surface area (Å²) in [4.78, 5) is 35.5. The van der Waals surface area contributed by atoms with Crippen molar-refractivity contribution in [3.8, 4) is 0 Å². The first-order valence-corrected chi connectivity index (χ1v) is 42.4. The van der Waals surface area contributed by atoms with E-state index in [4.69, 9.17) is 24.3 Å². The second-order valence-electron chi connectivity index (χ2n) is 26.2. The molecule has 578 valence electrons. The maximum atomic E-state index is 12.8. The third-order valence-electron chi connectivity index (χ3n) is 16.5. The summed E-state index contributed by atoms with van der Waals surface area (Å²) >= 11 is 0. The average molecular weight is 1440 g/mol. The van der Waals surface area contributed by atoms with Gasteiger partial charge in [-0.15, -0.1) is 0 Å². The van der Waals surface area contributed by atoms with E-state index >= 15 is 0 Å². The van der Waals surface area contributed by atoms with Crippen molar-refractivity contribution in [3.63, 3.8) is 0 Å². The fraction of sp³-hybridized carbons (Fsp3) is 0.570. The van der Waals surface area contributed by atoms with Gasteiger partial charge >= 0.3 is 19.8 Å². The number of phosphoric ester groups is 1. The van der Waals surface area contributed by atoms with Crippen molar-refractivity contribution in [1.82, 2.24) is 0 Å². The second-order valence-corrected chi connectivity index (χ2v) is 27.6. The number of phosphoric acid groups is 1. The molecule has 0 aromatic heterocycles. The minimum absolute atomic E-state index is 0.0391. The Bertz CT molecular complexity index is 2560. The number of rotatable bonds is 74. The van der Waals surface area contributed by atoms with E-state index in [0.717, 1.165) is 167 Å². The number of hydrogen-bond donors (Lipinski definition) is 2. The molecule has 103 heavy (non-hydrogen) atoms. The highest BCUT2D eigenvalue weighted by atomic mass is 31.2. The van der Waals surface area contributed by atoms with Crippen LogP contribution >= 0.6 is 7.82 Å². The van der Waals surface area contributed by atoms with Gasteiger partial charge in [0.15, 0.2) is 6.10 Å². The molecule has 0 spiro atoms. The topological polar surface area (TPSA) is 134 Å². The van der Waals surface area contributed by atoms with E-state index in [1.807, 2.05) is 0 Å². The zero-order valence-corrected chi connectivity index (χ0v) is 66.1. The number of unbranched alkanes of at least 4 members (excludes halogenated alkanes) is 23. The van der Waals surface area contributed by atoms with Gasteiger partial charge in [-0.3, -0.25) is 18.6 Å². The second kappa shape index (κ2) is 85.0. The van der Waals surface area contributed by atoms with E-state index in [9.17, 15) is 19.0 Å². The van der Waals surface area contributed by atoms with Crippen LogP contribution in [0, 0.1) is 0 Å². The van der Waals surface area contributed by atoms with E-state index in [1.54, 1.807) is 0 Å². The fourth-order valence-corrected chi connectivity index (χ4v) is 11.4. The first kappa shape index (κ1) is 97.1. The summed E-state index contributed by atoms with van der Waals surface area (Å²) in [6.45, 7) is 3.48. The Morgan fingerprint density at radius 3 is 0.748 bits per heavy atom. The highest BCUT2D eigenvalue weighted by Gasteiger charge is 2.26. The van der Waals surface area contributed by atoms with Gasteiger partial charge in [0.05, 0.1) is 13.2 Å². The molecule has 0 bridgehead atoms. The van der Waals surface area contributed by atoms with E-state index < -0.39 is 32.5 Å². The van der Waals surface area contributed by atoms with Crippen LogP contribution in [-0.2, 0) is 32.7 Å². The fourth-order valence-electron chi connectivity index (χ4n) is 10.6. The normalized spacial score (nSPS) is 14.1. The molecule has 0 aliphatic heterocycles. The number of nitrogens with two attached hydrogens (primary N) is 1. The molecule has 10 heteroatoms. The van der Waals surface area contributed by atoms with Crippen molar-refractivity contribution in [3.05, 3.63) is 231 Å². The molecule has 0 fully saturated rings. The van der Waals surface area contributed by atoms with Gasteiger partial charge in [0.25, 0.3) is 0 Å². The molecule has 0 saturated carbocycles. The van der Waals surface area contributed by atoms with E-state index in [2.05, 4.69) is 245 Å². The third kappa shape index (κ3) is 84.9. The number of carbonyl (C=O) groups is 2. The van der Waals surface area contributed by atoms with E-state index in [-0.39, 0.29) is 32.6 Å². The molecule has 0 radical (unpaired) electrons. The highest BCUT2D eigenvalue weighted by molar-refractivity contribution is 7.47. The molecule has 0 aliphatic rings. The smallest absolute Gasteiger partial charge is 0.462 e. The van der Waals surface area contributed by atoms with Gasteiger partial charge in [0.1, 0.15) is 6.61 Å². The van der Waals surface area contributed by atoms with Crippen molar-refractivity contribution in [1.29, 1.82) is 0 Å². The minimum Gasteiger partial charge on any atom is -0.462 e. The Balaban J connectivity index is 3.94. The zero-order valence-electron chi connectivity index (χ0n) is 65.2. The molecule has 0 aliphatic carbocycles. The summed E-state index contributed by atoms with van der Waals surface area (Å²) in [6.07, 6.45) is 133. The lowest BCUT2D eigenvalue weighted by Gasteiger charge is -2.19. The minimum atomic E-state index is -4.42. The molecule has 0 saturated heterocycles. The van der Waals surface area contributed by atoms with Gasteiger partial charge in [0.2, 0.25) is 0 Å². The molecule has 3 N–H and O–H groups in total. The van der Waals surface area contributed by atoms with Gasteiger partial charge in [-0.25, -0.2) is 4.57 Å². The van der Waals surface area contributed by atoms with Crippen molar-refractivity contribution < 1.29 is 37.6 Å². The molecule has 0 amide bonds. The molecule has 0 aromatic carbocycles. The SMILES string of the molecule is CC/C=C\C/C=C\C/C=C\C/C=C\C/C=C\C/C=C\C/C=C\C/C=C\C/C=C\C/C=C\C/C=C\C/C=C\CCCCCCC(=O)OC(COC(=O)CCCCCCCCCCCCCCCCCCCCC/C=C\C/C=C\C/C=C\C/C=C\C/C=C\C/C=C\C/C=C\CC)COP(=O)(O)OCCN. The van der Waals surface area contributed by atoms with Crippen LogP contribution in [0.25, 0.3) is 0 Å². The quantitative estimate of drug-likeness (QED) is 0.0264. The van der Waals surface area contributed by atoms with E-state index in [0.29, 0.717) is 6.42 Å². The van der Waals surface area contributed by atoms with Crippen molar-refractivity contribution in [2.24, 2.45) is 5.73 Å². The van der Waals surface area contributed by atoms with Gasteiger partial charge in [0, 0.05) is 19.4 Å². The van der Waals surface area contributed by atoms with Crippen LogP contribution in [0.2, 0.25) is 0 Å². The summed E-state index contributed by atoms with van der Waals surface area (Å²) in [7, 11) is -4.42. The zero-order chi connectivity index (χ0) is 74.3. The lowest BCUT2D eigenvalue weighted by atomic mass is 10.0. The van der Waals surface area contributed by atoms with Gasteiger partial charge < -0.3 is 20.1 Å². The molecule has 0 heterocycles. The largest absolute Gasteiger partial charge is 0.472 e. The molecular formula is C93H148NO8P. The number of hydrogen-bond acceptors (Lipinski definition) is 8. The Hall–Kier alpha value is -5.93. The van der Waals surface area contributed by atoms with Crippen LogP contribution in [-0.4, -0.2) is 49.3 Å².